The van der Waals surface area contributed by atoms with Crippen LogP contribution in [0.15, 0.2) is 29.2 Å². The van der Waals surface area contributed by atoms with Gasteiger partial charge in [-0.15, -0.1) is 0 Å². The maximum atomic E-state index is 12.7. The van der Waals surface area contributed by atoms with Gasteiger partial charge < -0.3 is 14.8 Å². The normalized spacial score (nSPS) is 20.4. The summed E-state index contributed by atoms with van der Waals surface area (Å²) in [5.41, 5.74) is 0.367. The maximum absolute atomic E-state index is 12.7. The second-order valence-corrected chi connectivity index (χ2v) is 8.47. The van der Waals surface area contributed by atoms with Gasteiger partial charge in [0.2, 0.25) is 5.91 Å². The molecule has 0 radical (unpaired) electrons. The number of hydrogen-bond donors (Lipinski definition) is 1. The van der Waals surface area contributed by atoms with E-state index in [9.17, 15) is 18.4 Å². The Balaban J connectivity index is 1.52. The quantitative estimate of drug-likeness (QED) is 0.453. The van der Waals surface area contributed by atoms with Crippen LogP contribution in [0.4, 0.5) is 8.78 Å². The number of amides is 2. The number of nitrogens with one attached hydrogen (secondary N) is 1. The van der Waals surface area contributed by atoms with Crippen LogP contribution in [-0.4, -0.2) is 53.4 Å². The smallest absolute Gasteiger partial charge is 0.387 e. The van der Waals surface area contributed by atoms with E-state index in [-0.39, 0.29) is 30.1 Å². The van der Waals surface area contributed by atoms with Crippen molar-refractivity contribution in [2.24, 2.45) is 0 Å². The molecule has 0 bridgehead atoms. The van der Waals surface area contributed by atoms with Crippen LogP contribution in [0.5, 0.6) is 5.75 Å². The van der Waals surface area contributed by atoms with Crippen molar-refractivity contribution < 1.29 is 27.8 Å². The molecule has 3 rings (SSSR count). The lowest BCUT2D eigenvalue weighted by Crippen LogP contribution is -2.33. The number of carbonyl (C=O) groups is 2. The van der Waals surface area contributed by atoms with E-state index in [1.807, 2.05) is 0 Å². The summed E-state index contributed by atoms with van der Waals surface area (Å²) in [6.45, 7) is -1.41. The zero-order valence-corrected chi connectivity index (χ0v) is 17.8. The number of alkyl halides is 2. The van der Waals surface area contributed by atoms with E-state index in [1.54, 1.807) is 18.2 Å². The van der Waals surface area contributed by atoms with Gasteiger partial charge in [0.05, 0.1) is 11.0 Å². The molecule has 1 aromatic rings. The third kappa shape index (κ3) is 6.23. The Hall–Kier alpha value is -2.04. The van der Waals surface area contributed by atoms with Gasteiger partial charge in [0, 0.05) is 31.7 Å². The molecule has 0 aliphatic carbocycles. The molecule has 1 N–H and O–H groups in total. The number of benzene rings is 1. The third-order valence-corrected chi connectivity index (χ3v) is 6.01. The lowest BCUT2D eigenvalue weighted by molar-refractivity contribution is -0.124. The number of para-hydroxylation sites is 1. The summed E-state index contributed by atoms with van der Waals surface area (Å²) < 4.78 is 35.5. The molecule has 10 heteroatoms. The minimum atomic E-state index is -2.96. The van der Waals surface area contributed by atoms with Crippen molar-refractivity contribution in [2.45, 2.75) is 38.4 Å². The molecule has 2 aliphatic rings. The molecule has 2 heterocycles. The number of ether oxygens (including phenoxy) is 2. The van der Waals surface area contributed by atoms with Gasteiger partial charge in [-0.05, 0) is 31.4 Å². The molecule has 30 heavy (non-hydrogen) atoms. The number of rotatable bonds is 9. The molecule has 1 aromatic carbocycles. The highest BCUT2D eigenvalue weighted by Crippen LogP contribution is 2.34. The predicted octanol–water partition coefficient (Wildman–Crippen LogP) is 3.56. The zero-order valence-electron chi connectivity index (χ0n) is 16.1. The van der Waals surface area contributed by atoms with Gasteiger partial charge in [0.15, 0.2) is 0 Å². The Morgan fingerprint density at radius 3 is 2.97 bits per heavy atom. The van der Waals surface area contributed by atoms with E-state index in [0.29, 0.717) is 34.3 Å². The zero-order chi connectivity index (χ0) is 21.5. The summed E-state index contributed by atoms with van der Waals surface area (Å²) in [7, 11) is 0. The summed E-state index contributed by atoms with van der Waals surface area (Å²) in [6.07, 6.45) is 4.28. The molecule has 162 valence electrons. The first-order valence-electron chi connectivity index (χ1n) is 9.61. The van der Waals surface area contributed by atoms with Crippen molar-refractivity contribution >= 4 is 46.2 Å². The molecule has 0 saturated carbocycles. The van der Waals surface area contributed by atoms with E-state index in [2.05, 4.69) is 10.1 Å². The minimum absolute atomic E-state index is 0.0133. The molecule has 0 spiro atoms. The van der Waals surface area contributed by atoms with Gasteiger partial charge in [0.25, 0.3) is 5.91 Å². The molecule has 1 unspecified atom stereocenters. The fraction of sp³-hybridized carbons (Fsp3) is 0.450. The summed E-state index contributed by atoms with van der Waals surface area (Å²) in [4.78, 5) is 26.4. The van der Waals surface area contributed by atoms with Crippen molar-refractivity contribution in [3.05, 3.63) is 34.7 Å². The standard InChI is InChI=1S/C20H22F2N2O4S2/c21-19(22)28-15-7-2-1-5-13(15)11-16-18(26)24(20(29)30-16)9-3-8-17(25)23-12-14-6-4-10-27-14/h1-2,5,7,11,14,19H,3-4,6,8-10,12H2,(H,23,25)/b16-11-. The average Bonchev–Trinajstić information content (AvgIpc) is 3.31. The van der Waals surface area contributed by atoms with E-state index < -0.39 is 6.61 Å². The first-order valence-corrected chi connectivity index (χ1v) is 10.8. The van der Waals surface area contributed by atoms with Crippen LogP contribution in [0, 0.1) is 0 Å². The van der Waals surface area contributed by atoms with Gasteiger partial charge >= 0.3 is 6.61 Å². The van der Waals surface area contributed by atoms with Crippen molar-refractivity contribution in [1.82, 2.24) is 10.2 Å². The van der Waals surface area contributed by atoms with Gasteiger partial charge in [-0.25, -0.2) is 0 Å². The summed E-state index contributed by atoms with van der Waals surface area (Å²) >= 11 is 6.37. The van der Waals surface area contributed by atoms with Crippen molar-refractivity contribution in [2.75, 3.05) is 19.7 Å². The van der Waals surface area contributed by atoms with E-state index in [1.165, 1.54) is 17.0 Å². The van der Waals surface area contributed by atoms with Gasteiger partial charge in [-0.1, -0.05) is 42.2 Å². The number of thiocarbonyl (C=S) groups is 1. The Labute approximate surface area is 183 Å². The Bertz CT molecular complexity index is 829. The van der Waals surface area contributed by atoms with Crippen LogP contribution in [-0.2, 0) is 14.3 Å². The molecule has 0 aromatic heterocycles. The number of carbonyl (C=O) groups excluding carboxylic acids is 2. The summed E-state index contributed by atoms with van der Waals surface area (Å²) in [5, 5.41) is 2.84. The monoisotopic (exact) mass is 456 g/mol. The highest BCUT2D eigenvalue weighted by molar-refractivity contribution is 8.26. The number of hydrogen-bond acceptors (Lipinski definition) is 6. The Morgan fingerprint density at radius 2 is 2.23 bits per heavy atom. The molecule has 2 fully saturated rings. The first-order chi connectivity index (χ1) is 14.4. The molecular weight excluding hydrogens is 434 g/mol. The average molecular weight is 457 g/mol. The number of halogens is 2. The molecule has 2 saturated heterocycles. The van der Waals surface area contributed by atoms with Crippen LogP contribution < -0.4 is 10.1 Å². The van der Waals surface area contributed by atoms with Crippen LogP contribution in [0.25, 0.3) is 6.08 Å². The summed E-state index contributed by atoms with van der Waals surface area (Å²) in [6, 6.07) is 6.24. The Morgan fingerprint density at radius 1 is 1.43 bits per heavy atom. The van der Waals surface area contributed by atoms with Gasteiger partial charge in [-0.2, -0.15) is 8.78 Å². The first kappa shape index (κ1) is 22.6. The van der Waals surface area contributed by atoms with Crippen molar-refractivity contribution in [1.29, 1.82) is 0 Å². The molecule has 2 aliphatic heterocycles. The SMILES string of the molecule is O=C(CCCN1C(=O)/C(=C/c2ccccc2OC(F)F)SC1=S)NCC1CCCO1. The van der Waals surface area contributed by atoms with Gasteiger partial charge in [-0.3, -0.25) is 14.5 Å². The van der Waals surface area contributed by atoms with E-state index in [0.717, 1.165) is 31.2 Å². The van der Waals surface area contributed by atoms with Crippen LogP contribution in [0.2, 0.25) is 0 Å². The Kier molecular flexibility index (Phi) is 8.17. The predicted molar refractivity (Wildman–Crippen MR) is 114 cm³/mol. The largest absolute Gasteiger partial charge is 0.434 e. The molecule has 6 nitrogen and oxygen atoms in total. The second-order valence-electron chi connectivity index (χ2n) is 6.79. The van der Waals surface area contributed by atoms with Gasteiger partial charge in [0.1, 0.15) is 10.1 Å². The highest BCUT2D eigenvalue weighted by Gasteiger charge is 2.32. The highest BCUT2D eigenvalue weighted by atomic mass is 32.2. The van der Waals surface area contributed by atoms with Crippen molar-refractivity contribution in [3.63, 3.8) is 0 Å². The summed E-state index contributed by atoms with van der Waals surface area (Å²) in [5.74, 6) is -0.415. The number of thioether (sulfide) groups is 1. The minimum Gasteiger partial charge on any atom is -0.434 e. The number of nitrogens with zero attached hydrogens (tertiary/aromatic N) is 1. The third-order valence-electron chi connectivity index (χ3n) is 4.63. The fourth-order valence-corrected chi connectivity index (χ4v) is 4.46. The maximum Gasteiger partial charge on any atom is 0.387 e. The fourth-order valence-electron chi connectivity index (χ4n) is 3.16. The topological polar surface area (TPSA) is 67.9 Å². The van der Waals surface area contributed by atoms with E-state index in [4.69, 9.17) is 17.0 Å². The molecule has 2 amide bonds. The second kappa shape index (κ2) is 10.8. The van der Waals surface area contributed by atoms with Crippen LogP contribution in [0.3, 0.4) is 0 Å². The van der Waals surface area contributed by atoms with E-state index >= 15 is 0 Å². The molecular formula is C20H22F2N2O4S2. The van der Waals surface area contributed by atoms with Crippen molar-refractivity contribution in [3.8, 4) is 5.75 Å². The lowest BCUT2D eigenvalue weighted by atomic mass is 10.2. The lowest BCUT2D eigenvalue weighted by Gasteiger charge is -2.15. The van der Waals surface area contributed by atoms with Crippen LogP contribution >= 0.6 is 24.0 Å². The molecule has 1 atom stereocenters. The van der Waals surface area contributed by atoms with Crippen LogP contribution in [0.1, 0.15) is 31.2 Å².